The van der Waals surface area contributed by atoms with Crippen molar-refractivity contribution in [3.05, 3.63) is 60.8 Å². The third kappa shape index (κ3) is 21.1. The zero-order valence-electron chi connectivity index (χ0n) is 29.7. The zero-order valence-corrected chi connectivity index (χ0v) is 29.7. The van der Waals surface area contributed by atoms with E-state index in [-0.39, 0.29) is 12.5 Å². The highest BCUT2D eigenvalue weighted by Crippen LogP contribution is 2.22. The minimum Gasteiger partial charge on any atom is -0.394 e. The summed E-state index contributed by atoms with van der Waals surface area (Å²) in [5, 5.41) is 53.7. The molecule has 0 radical (unpaired) electrons. The Morgan fingerprint density at radius 1 is 0.729 bits per heavy atom. The topological polar surface area (TPSA) is 149 Å². The number of unbranched alkanes of at least 4 members (excludes halogenated alkanes) is 8. The first kappa shape index (κ1) is 43.9. The largest absolute Gasteiger partial charge is 0.394 e. The van der Waals surface area contributed by atoms with Crippen LogP contribution in [-0.2, 0) is 14.3 Å². The molecule has 1 saturated heterocycles. The molecule has 1 heterocycles. The van der Waals surface area contributed by atoms with Gasteiger partial charge in [-0.1, -0.05) is 120 Å². The smallest absolute Gasteiger partial charge is 0.220 e. The van der Waals surface area contributed by atoms with Crippen LogP contribution >= 0.6 is 0 Å². The van der Waals surface area contributed by atoms with E-state index in [1.165, 1.54) is 6.42 Å². The highest BCUT2D eigenvalue weighted by molar-refractivity contribution is 5.76. The van der Waals surface area contributed by atoms with Crippen LogP contribution < -0.4 is 5.32 Å². The van der Waals surface area contributed by atoms with Gasteiger partial charge < -0.3 is 40.3 Å². The molecule has 48 heavy (non-hydrogen) atoms. The number of allylic oxidation sites excluding steroid dienone is 10. The highest BCUT2D eigenvalue weighted by atomic mass is 16.7. The van der Waals surface area contributed by atoms with Crippen molar-refractivity contribution in [2.75, 3.05) is 13.2 Å². The van der Waals surface area contributed by atoms with Crippen LogP contribution in [0.1, 0.15) is 123 Å². The molecule has 0 bridgehead atoms. The molecule has 1 amide bonds. The summed E-state index contributed by atoms with van der Waals surface area (Å²) >= 11 is 0. The van der Waals surface area contributed by atoms with Gasteiger partial charge in [0.2, 0.25) is 5.91 Å². The number of hydrogen-bond donors (Lipinski definition) is 6. The summed E-state index contributed by atoms with van der Waals surface area (Å²) in [7, 11) is 0. The molecular weight excluding hydrogens is 610 g/mol. The molecule has 0 aromatic carbocycles. The van der Waals surface area contributed by atoms with Gasteiger partial charge in [-0.2, -0.15) is 0 Å². The van der Waals surface area contributed by atoms with Crippen LogP contribution in [0.2, 0.25) is 0 Å². The zero-order chi connectivity index (χ0) is 35.2. The Hall–Kier alpha value is -2.11. The molecule has 0 aromatic heterocycles. The van der Waals surface area contributed by atoms with E-state index in [4.69, 9.17) is 9.47 Å². The standard InChI is InChI=1S/C39H67NO8/c1-3-5-7-9-11-12-13-14-15-16-17-18-19-20-21-22-23-25-27-29-35(43)40-32(33(42)28-26-24-10-8-6-4-2)31-47-39-38(46)37(45)36(44)34(30-41)48-39/h5,7,11-12,14-15,17-18,20-21,32-34,36-39,41-42,44-46H,3-4,6,8-10,13,16,19,22-31H2,1-2H3,(H,40,43)/b7-5-,12-11-,15-14-,18-17-,21-20-. The first-order chi connectivity index (χ1) is 23.3. The van der Waals surface area contributed by atoms with Crippen LogP contribution in [0.4, 0.5) is 0 Å². The highest BCUT2D eigenvalue weighted by Gasteiger charge is 2.44. The molecule has 276 valence electrons. The normalized spacial score (nSPS) is 23.4. The second-order valence-electron chi connectivity index (χ2n) is 12.6. The summed E-state index contributed by atoms with van der Waals surface area (Å²) < 4.78 is 11.1. The maximum absolute atomic E-state index is 12.8. The predicted molar refractivity (Wildman–Crippen MR) is 193 cm³/mol. The van der Waals surface area contributed by atoms with Gasteiger partial charge in [-0.25, -0.2) is 0 Å². The van der Waals surface area contributed by atoms with Crippen molar-refractivity contribution in [3.63, 3.8) is 0 Å². The summed E-state index contributed by atoms with van der Waals surface area (Å²) in [4.78, 5) is 12.8. The Morgan fingerprint density at radius 2 is 1.29 bits per heavy atom. The van der Waals surface area contributed by atoms with Crippen molar-refractivity contribution in [1.82, 2.24) is 5.32 Å². The van der Waals surface area contributed by atoms with Crippen molar-refractivity contribution in [1.29, 1.82) is 0 Å². The molecule has 1 rings (SSSR count). The number of nitrogens with one attached hydrogen (secondary N) is 1. The first-order valence-corrected chi connectivity index (χ1v) is 18.5. The molecule has 0 aliphatic carbocycles. The maximum atomic E-state index is 12.8. The fourth-order valence-electron chi connectivity index (χ4n) is 5.36. The molecule has 1 fully saturated rings. The minimum absolute atomic E-state index is 0.157. The number of hydrogen-bond acceptors (Lipinski definition) is 8. The van der Waals surface area contributed by atoms with Gasteiger partial charge in [-0.15, -0.1) is 0 Å². The lowest BCUT2D eigenvalue weighted by Gasteiger charge is -2.40. The average Bonchev–Trinajstić information content (AvgIpc) is 3.08. The van der Waals surface area contributed by atoms with Gasteiger partial charge in [0.1, 0.15) is 24.4 Å². The van der Waals surface area contributed by atoms with Gasteiger partial charge in [0.05, 0.1) is 25.4 Å². The van der Waals surface area contributed by atoms with Gasteiger partial charge in [0.15, 0.2) is 6.29 Å². The molecule has 7 atom stereocenters. The van der Waals surface area contributed by atoms with Crippen LogP contribution in [0.25, 0.3) is 0 Å². The third-order valence-electron chi connectivity index (χ3n) is 8.39. The maximum Gasteiger partial charge on any atom is 0.220 e. The van der Waals surface area contributed by atoms with Crippen LogP contribution in [0.15, 0.2) is 60.8 Å². The Labute approximate surface area is 290 Å². The van der Waals surface area contributed by atoms with Crippen molar-refractivity contribution in [3.8, 4) is 0 Å². The fourth-order valence-corrected chi connectivity index (χ4v) is 5.36. The van der Waals surface area contributed by atoms with Crippen molar-refractivity contribution in [2.24, 2.45) is 0 Å². The quantitative estimate of drug-likeness (QED) is 0.0430. The Balaban J connectivity index is 2.38. The van der Waals surface area contributed by atoms with E-state index in [1.807, 2.05) is 0 Å². The molecule has 7 unspecified atom stereocenters. The van der Waals surface area contributed by atoms with Crippen LogP contribution in [0.3, 0.4) is 0 Å². The number of carbonyl (C=O) groups is 1. The van der Waals surface area contributed by atoms with Crippen LogP contribution in [-0.4, -0.2) is 87.5 Å². The van der Waals surface area contributed by atoms with Gasteiger partial charge in [0.25, 0.3) is 0 Å². The van der Waals surface area contributed by atoms with Crippen molar-refractivity contribution in [2.45, 2.75) is 166 Å². The second kappa shape index (κ2) is 29.8. The summed E-state index contributed by atoms with van der Waals surface area (Å²) in [6.07, 6.45) is 29.7. The Morgan fingerprint density at radius 3 is 1.90 bits per heavy atom. The molecule has 9 heteroatoms. The molecule has 1 aliphatic heterocycles. The Bertz CT molecular complexity index is 931. The minimum atomic E-state index is -1.56. The van der Waals surface area contributed by atoms with Crippen LogP contribution in [0, 0.1) is 0 Å². The number of aliphatic hydroxyl groups excluding tert-OH is 5. The molecule has 0 saturated carbocycles. The lowest BCUT2D eigenvalue weighted by molar-refractivity contribution is -0.302. The molecule has 6 N–H and O–H groups in total. The molecule has 0 spiro atoms. The Kier molecular flexibility index (Phi) is 27.2. The van der Waals surface area contributed by atoms with Gasteiger partial charge >= 0.3 is 0 Å². The van der Waals surface area contributed by atoms with E-state index in [1.54, 1.807) is 0 Å². The van der Waals surface area contributed by atoms with E-state index in [0.29, 0.717) is 12.8 Å². The van der Waals surface area contributed by atoms with E-state index >= 15 is 0 Å². The molecule has 1 aliphatic rings. The van der Waals surface area contributed by atoms with Gasteiger partial charge in [0, 0.05) is 6.42 Å². The summed E-state index contributed by atoms with van der Waals surface area (Å²) in [5.74, 6) is -0.186. The van der Waals surface area contributed by atoms with Gasteiger partial charge in [-0.05, 0) is 57.8 Å². The number of carbonyl (C=O) groups excluding carboxylic acids is 1. The fraction of sp³-hybridized carbons (Fsp3) is 0.718. The summed E-state index contributed by atoms with van der Waals surface area (Å²) in [6, 6.07) is -0.734. The lowest BCUT2D eigenvalue weighted by Crippen LogP contribution is -2.60. The van der Waals surface area contributed by atoms with Crippen molar-refractivity contribution < 1.29 is 39.8 Å². The van der Waals surface area contributed by atoms with Crippen LogP contribution in [0.5, 0.6) is 0 Å². The number of aliphatic hydroxyl groups is 5. The van der Waals surface area contributed by atoms with E-state index < -0.39 is 49.5 Å². The average molecular weight is 678 g/mol. The first-order valence-electron chi connectivity index (χ1n) is 18.5. The molecule has 0 aromatic rings. The number of rotatable bonds is 28. The molecular formula is C39H67NO8. The molecule has 9 nitrogen and oxygen atoms in total. The van der Waals surface area contributed by atoms with E-state index in [9.17, 15) is 30.3 Å². The predicted octanol–water partition coefficient (Wildman–Crippen LogP) is 6.10. The van der Waals surface area contributed by atoms with Crippen molar-refractivity contribution >= 4 is 5.91 Å². The lowest BCUT2D eigenvalue weighted by atomic mass is 9.99. The summed E-state index contributed by atoms with van der Waals surface area (Å²) in [5.41, 5.74) is 0. The number of ether oxygens (including phenoxy) is 2. The monoisotopic (exact) mass is 677 g/mol. The van der Waals surface area contributed by atoms with E-state index in [2.05, 4.69) is 79.9 Å². The summed E-state index contributed by atoms with van der Waals surface area (Å²) in [6.45, 7) is 3.59. The SMILES string of the molecule is CC/C=C\C/C=C\C/C=C\C/C=C\C/C=C\CCCCCC(=O)NC(COC1OC(CO)C(O)C(O)C1O)C(O)CCCCCCCC. The second-order valence-corrected chi connectivity index (χ2v) is 12.6. The van der Waals surface area contributed by atoms with E-state index in [0.717, 1.165) is 89.9 Å². The van der Waals surface area contributed by atoms with Gasteiger partial charge in [-0.3, -0.25) is 4.79 Å². The third-order valence-corrected chi connectivity index (χ3v) is 8.39. The number of amides is 1.